The molecule has 0 aliphatic rings. The third kappa shape index (κ3) is 4.73. The molecule has 0 aliphatic carbocycles. The fraction of sp³-hybridized carbons (Fsp3) is 0.263. The maximum Gasteiger partial charge on any atom is 0.251 e. The zero-order chi connectivity index (χ0) is 20.8. The van der Waals surface area contributed by atoms with Gasteiger partial charge in [0.05, 0.1) is 19.9 Å². The maximum atomic E-state index is 14.0. The molecule has 2 amide bonds. The van der Waals surface area contributed by atoms with E-state index in [1.165, 1.54) is 26.4 Å². The van der Waals surface area contributed by atoms with Gasteiger partial charge in [0.15, 0.2) is 17.5 Å². The zero-order valence-electron chi connectivity index (χ0n) is 15.5. The molecule has 0 unspecified atom stereocenters. The first kappa shape index (κ1) is 21.1. The Kier molecular flexibility index (Phi) is 6.86. The van der Waals surface area contributed by atoms with Crippen molar-refractivity contribution < 1.29 is 32.2 Å². The number of nitrogens with zero attached hydrogens (tertiary/aromatic N) is 1. The van der Waals surface area contributed by atoms with Crippen LogP contribution < -0.4 is 19.7 Å². The lowest BCUT2D eigenvalue weighted by molar-refractivity contribution is -0.116. The number of hydrogen-bond donors (Lipinski definition) is 1. The molecule has 9 heteroatoms. The maximum absolute atomic E-state index is 14.0. The Bertz CT molecular complexity index is 867. The minimum absolute atomic E-state index is 0.0592. The standard InChI is InChI=1S/C19H19F3N2O4/c1-11(25)24(16-5-4-15(20)17(21)18(16)22)7-6-23-19(26)12-8-13(27-2)10-14(9-12)28-3/h4-5,8-10H,6-7H2,1-3H3,(H,23,26). The Morgan fingerprint density at radius 3 is 2.14 bits per heavy atom. The van der Waals surface area contributed by atoms with Gasteiger partial charge in [0.25, 0.3) is 5.91 Å². The average Bonchev–Trinajstić information content (AvgIpc) is 2.69. The molecule has 0 heterocycles. The van der Waals surface area contributed by atoms with E-state index in [4.69, 9.17) is 9.47 Å². The minimum Gasteiger partial charge on any atom is -0.497 e. The molecule has 0 atom stereocenters. The molecule has 150 valence electrons. The van der Waals surface area contributed by atoms with Crippen molar-refractivity contribution in [2.75, 3.05) is 32.2 Å². The van der Waals surface area contributed by atoms with E-state index in [0.29, 0.717) is 11.5 Å². The van der Waals surface area contributed by atoms with Crippen LogP contribution in [0.5, 0.6) is 11.5 Å². The van der Waals surface area contributed by atoms with Crippen molar-refractivity contribution in [3.05, 3.63) is 53.3 Å². The molecule has 28 heavy (non-hydrogen) atoms. The van der Waals surface area contributed by atoms with Gasteiger partial charge in [-0.25, -0.2) is 13.2 Å². The van der Waals surface area contributed by atoms with Crippen molar-refractivity contribution in [2.24, 2.45) is 0 Å². The molecule has 0 radical (unpaired) electrons. The molecular formula is C19H19F3N2O4. The lowest BCUT2D eigenvalue weighted by Gasteiger charge is -2.22. The van der Waals surface area contributed by atoms with Crippen molar-refractivity contribution in [1.82, 2.24) is 5.32 Å². The van der Waals surface area contributed by atoms with Gasteiger partial charge in [-0.05, 0) is 24.3 Å². The molecule has 0 aliphatic heterocycles. The number of hydrogen-bond acceptors (Lipinski definition) is 4. The molecule has 0 aromatic heterocycles. The van der Waals surface area contributed by atoms with Crippen LogP contribution in [0.15, 0.2) is 30.3 Å². The molecule has 1 N–H and O–H groups in total. The smallest absolute Gasteiger partial charge is 0.251 e. The Morgan fingerprint density at radius 2 is 1.61 bits per heavy atom. The largest absolute Gasteiger partial charge is 0.497 e. The van der Waals surface area contributed by atoms with Gasteiger partial charge in [-0.1, -0.05) is 0 Å². The number of carbonyl (C=O) groups is 2. The zero-order valence-corrected chi connectivity index (χ0v) is 15.5. The number of benzene rings is 2. The summed E-state index contributed by atoms with van der Waals surface area (Å²) in [5.74, 6) is -4.74. The number of nitrogens with one attached hydrogen (secondary N) is 1. The van der Waals surface area contributed by atoms with Crippen LogP contribution in [0, 0.1) is 17.5 Å². The van der Waals surface area contributed by atoms with Crippen LogP contribution in [0.3, 0.4) is 0 Å². The highest BCUT2D eigenvalue weighted by molar-refractivity contribution is 5.95. The summed E-state index contributed by atoms with van der Waals surface area (Å²) in [6.07, 6.45) is 0. The Labute approximate surface area is 159 Å². The molecule has 2 aromatic carbocycles. The summed E-state index contributed by atoms with van der Waals surface area (Å²) in [5.41, 5.74) is -0.159. The predicted molar refractivity (Wildman–Crippen MR) is 96.2 cm³/mol. The molecule has 0 spiro atoms. The van der Waals surface area contributed by atoms with Crippen LogP contribution >= 0.6 is 0 Å². The number of amides is 2. The Hall–Kier alpha value is -3.23. The fourth-order valence-electron chi connectivity index (χ4n) is 2.49. The monoisotopic (exact) mass is 396 g/mol. The number of rotatable bonds is 7. The van der Waals surface area contributed by atoms with E-state index in [1.54, 1.807) is 6.07 Å². The van der Waals surface area contributed by atoms with E-state index in [1.807, 2.05) is 0 Å². The second kappa shape index (κ2) is 9.12. The first-order valence-electron chi connectivity index (χ1n) is 8.21. The van der Waals surface area contributed by atoms with E-state index in [9.17, 15) is 22.8 Å². The third-order valence-electron chi connectivity index (χ3n) is 3.92. The summed E-state index contributed by atoms with van der Waals surface area (Å²) in [6.45, 7) is 0.940. The summed E-state index contributed by atoms with van der Waals surface area (Å²) in [4.78, 5) is 25.0. The van der Waals surface area contributed by atoms with E-state index in [0.717, 1.165) is 24.0 Å². The van der Waals surface area contributed by atoms with Gasteiger partial charge in [0, 0.05) is 31.6 Å². The first-order valence-corrected chi connectivity index (χ1v) is 8.21. The highest BCUT2D eigenvalue weighted by Gasteiger charge is 2.21. The van der Waals surface area contributed by atoms with Crippen LogP contribution in [-0.4, -0.2) is 39.1 Å². The molecule has 2 aromatic rings. The molecular weight excluding hydrogens is 377 g/mol. The van der Waals surface area contributed by atoms with Gasteiger partial charge in [0.2, 0.25) is 5.91 Å². The molecule has 0 bridgehead atoms. The van der Waals surface area contributed by atoms with Crippen LogP contribution in [0.4, 0.5) is 18.9 Å². The van der Waals surface area contributed by atoms with Crippen molar-refractivity contribution in [1.29, 1.82) is 0 Å². The molecule has 6 nitrogen and oxygen atoms in total. The molecule has 2 rings (SSSR count). The Morgan fingerprint density at radius 1 is 1.00 bits per heavy atom. The summed E-state index contributed by atoms with van der Waals surface area (Å²) in [6, 6.07) is 6.28. The van der Waals surface area contributed by atoms with Crippen molar-refractivity contribution in [2.45, 2.75) is 6.92 Å². The van der Waals surface area contributed by atoms with Crippen molar-refractivity contribution in [3.8, 4) is 11.5 Å². The Balaban J connectivity index is 2.11. The van der Waals surface area contributed by atoms with Gasteiger partial charge in [-0.2, -0.15) is 0 Å². The quantitative estimate of drug-likeness (QED) is 0.731. The van der Waals surface area contributed by atoms with Gasteiger partial charge < -0.3 is 19.7 Å². The summed E-state index contributed by atoms with van der Waals surface area (Å²) in [7, 11) is 2.88. The predicted octanol–water partition coefficient (Wildman–Crippen LogP) is 2.90. The van der Waals surface area contributed by atoms with Crippen molar-refractivity contribution in [3.63, 3.8) is 0 Å². The van der Waals surface area contributed by atoms with Crippen LogP contribution in [0.1, 0.15) is 17.3 Å². The second-order valence-electron chi connectivity index (χ2n) is 5.72. The van der Waals surface area contributed by atoms with Gasteiger partial charge >= 0.3 is 0 Å². The van der Waals surface area contributed by atoms with E-state index in [-0.39, 0.29) is 18.7 Å². The SMILES string of the molecule is COc1cc(OC)cc(C(=O)NCCN(C(C)=O)c2ccc(F)c(F)c2F)c1. The van der Waals surface area contributed by atoms with Gasteiger partial charge in [0.1, 0.15) is 11.5 Å². The summed E-state index contributed by atoms with van der Waals surface area (Å²) < 4.78 is 50.7. The minimum atomic E-state index is -1.67. The van der Waals surface area contributed by atoms with Gasteiger partial charge in [-0.15, -0.1) is 0 Å². The number of methoxy groups -OCH3 is 2. The average molecular weight is 396 g/mol. The number of ether oxygens (including phenoxy) is 2. The number of halogens is 3. The molecule has 0 saturated carbocycles. The van der Waals surface area contributed by atoms with Crippen LogP contribution in [0.25, 0.3) is 0 Å². The van der Waals surface area contributed by atoms with E-state index >= 15 is 0 Å². The van der Waals surface area contributed by atoms with E-state index in [2.05, 4.69) is 5.32 Å². The molecule has 0 saturated heterocycles. The molecule has 0 fully saturated rings. The lowest BCUT2D eigenvalue weighted by Crippen LogP contribution is -2.38. The lowest BCUT2D eigenvalue weighted by atomic mass is 10.2. The van der Waals surface area contributed by atoms with Crippen molar-refractivity contribution >= 4 is 17.5 Å². The normalized spacial score (nSPS) is 10.4. The highest BCUT2D eigenvalue weighted by atomic mass is 19.2. The van der Waals surface area contributed by atoms with Crippen LogP contribution in [-0.2, 0) is 4.79 Å². The number of anilines is 1. The topological polar surface area (TPSA) is 67.9 Å². The number of carbonyl (C=O) groups excluding carboxylic acids is 2. The highest BCUT2D eigenvalue weighted by Crippen LogP contribution is 2.24. The summed E-state index contributed by atoms with van der Waals surface area (Å²) in [5, 5.41) is 2.57. The fourth-order valence-corrected chi connectivity index (χ4v) is 2.49. The second-order valence-corrected chi connectivity index (χ2v) is 5.72. The van der Waals surface area contributed by atoms with E-state index < -0.39 is 35.0 Å². The van der Waals surface area contributed by atoms with Gasteiger partial charge in [-0.3, -0.25) is 9.59 Å². The van der Waals surface area contributed by atoms with Crippen LogP contribution in [0.2, 0.25) is 0 Å². The third-order valence-corrected chi connectivity index (χ3v) is 3.92. The summed E-state index contributed by atoms with van der Waals surface area (Å²) >= 11 is 0. The first-order chi connectivity index (χ1) is 13.3.